The average Bonchev–Trinajstić information content (AvgIpc) is 2.14. The smallest absolute Gasteiger partial charge is 0.307 e. The van der Waals surface area contributed by atoms with Gasteiger partial charge in [-0.1, -0.05) is 0 Å². The molecule has 0 aliphatic carbocycles. The van der Waals surface area contributed by atoms with Crippen LogP contribution in [-0.2, 0) is 0 Å². The monoisotopic (exact) mass is 143 g/mol. The van der Waals surface area contributed by atoms with Crippen molar-refractivity contribution in [2.24, 2.45) is 5.73 Å². The minimum Gasteiger partial charge on any atom is -0.362 e. The van der Waals surface area contributed by atoms with E-state index in [9.17, 15) is 10.0 Å². The van der Waals surface area contributed by atoms with Gasteiger partial charge in [0.05, 0.1) is 5.16 Å². The first-order valence-electron chi connectivity index (χ1n) is 2.49. The summed E-state index contributed by atoms with van der Waals surface area (Å²) in [6.45, 7) is 1.39. The van der Waals surface area contributed by atoms with Gasteiger partial charge in [0.2, 0.25) is 5.69 Å². The Bertz CT molecular complexity index is 267. The lowest BCUT2D eigenvalue weighted by molar-refractivity contribution is -0.806. The van der Waals surface area contributed by atoms with Crippen LogP contribution in [-0.4, -0.2) is 11.1 Å². The third-order valence-electron chi connectivity index (χ3n) is 1.06. The van der Waals surface area contributed by atoms with Crippen molar-refractivity contribution in [3.8, 4) is 0 Å². The zero-order valence-electron chi connectivity index (χ0n) is 5.20. The van der Waals surface area contributed by atoms with Crippen molar-refractivity contribution in [2.45, 2.75) is 6.92 Å². The van der Waals surface area contributed by atoms with Gasteiger partial charge in [-0.3, -0.25) is 9.42 Å². The van der Waals surface area contributed by atoms with Crippen molar-refractivity contribution in [1.29, 1.82) is 0 Å². The summed E-state index contributed by atoms with van der Waals surface area (Å²) in [5, 5.41) is 13.5. The molecule has 10 heavy (non-hydrogen) atoms. The molecule has 1 aromatic heterocycles. The average molecular weight is 143 g/mol. The van der Waals surface area contributed by atoms with Gasteiger partial charge in [0.1, 0.15) is 0 Å². The molecule has 1 rings (SSSR count). The molecule has 6 nitrogen and oxygen atoms in total. The van der Waals surface area contributed by atoms with Crippen molar-refractivity contribution in [1.82, 2.24) is 5.16 Å². The van der Waals surface area contributed by atoms with Crippen molar-refractivity contribution in [3.63, 3.8) is 0 Å². The van der Waals surface area contributed by atoms with E-state index in [1.54, 1.807) is 0 Å². The van der Waals surface area contributed by atoms with Crippen LogP contribution < -0.4 is 10.6 Å². The summed E-state index contributed by atoms with van der Waals surface area (Å²) in [7, 11) is 0. The molecule has 6 heteroatoms. The quantitative estimate of drug-likeness (QED) is 0.495. The van der Waals surface area contributed by atoms with Gasteiger partial charge in [-0.15, -0.1) is 0 Å². The molecule has 0 fully saturated rings. The predicted octanol–water partition coefficient (Wildman–Crippen LogP) is -1.28. The van der Waals surface area contributed by atoms with Crippen molar-refractivity contribution >= 4 is 5.91 Å². The fourth-order valence-electron chi connectivity index (χ4n) is 0.515. The molecule has 1 heterocycles. The molecule has 0 aliphatic rings. The summed E-state index contributed by atoms with van der Waals surface area (Å²) >= 11 is 0. The Balaban J connectivity index is 3.17. The number of hydrogen-bond acceptors (Lipinski definition) is 4. The zero-order valence-corrected chi connectivity index (χ0v) is 5.20. The Hall–Kier alpha value is -1.59. The van der Waals surface area contributed by atoms with Gasteiger partial charge in [0.15, 0.2) is 0 Å². The third kappa shape index (κ3) is 0.790. The minimum atomic E-state index is -0.768. The van der Waals surface area contributed by atoms with Crippen LogP contribution in [0.5, 0.6) is 0 Å². The van der Waals surface area contributed by atoms with Crippen LogP contribution >= 0.6 is 0 Å². The SMILES string of the molecule is Cc1c(C(N)=O)no[n+]1[O-]. The van der Waals surface area contributed by atoms with E-state index >= 15 is 0 Å². The molecular weight excluding hydrogens is 138 g/mol. The fourth-order valence-corrected chi connectivity index (χ4v) is 0.515. The molecule has 0 radical (unpaired) electrons. The second-order valence-corrected chi connectivity index (χ2v) is 1.73. The largest absolute Gasteiger partial charge is 0.362 e. The van der Waals surface area contributed by atoms with Gasteiger partial charge in [0.25, 0.3) is 5.91 Å². The molecule has 0 saturated carbocycles. The van der Waals surface area contributed by atoms with Gasteiger partial charge in [-0.05, 0) is 4.90 Å². The Morgan fingerprint density at radius 2 is 2.50 bits per heavy atom. The van der Waals surface area contributed by atoms with E-state index in [-0.39, 0.29) is 16.3 Å². The molecule has 1 amide bonds. The lowest BCUT2D eigenvalue weighted by Gasteiger charge is -1.83. The zero-order chi connectivity index (χ0) is 7.72. The number of nitrogens with two attached hydrogens (primary N) is 1. The van der Waals surface area contributed by atoms with Crippen LogP contribution in [0, 0.1) is 12.1 Å². The van der Waals surface area contributed by atoms with Crippen LogP contribution in [0.25, 0.3) is 0 Å². The van der Waals surface area contributed by atoms with E-state index in [2.05, 4.69) is 9.79 Å². The predicted molar refractivity (Wildman–Crippen MR) is 28.7 cm³/mol. The molecule has 0 unspecified atom stereocenters. The summed E-state index contributed by atoms with van der Waals surface area (Å²) in [6.07, 6.45) is 0. The first kappa shape index (κ1) is 6.53. The van der Waals surface area contributed by atoms with Crippen LogP contribution in [0.15, 0.2) is 4.63 Å². The number of nitrogens with zero attached hydrogens (tertiary/aromatic N) is 2. The number of primary amides is 1. The fraction of sp³-hybridized carbons (Fsp3) is 0.250. The Kier molecular flexibility index (Phi) is 1.29. The summed E-state index contributed by atoms with van der Waals surface area (Å²) in [5.41, 5.74) is 4.76. The molecular formula is C4H5N3O3. The standard InChI is InChI=1S/C4H5N3O3/c1-2-3(4(5)8)6-10-7(2)9/h1H3,(H2,5,8). The highest BCUT2D eigenvalue weighted by atomic mass is 16.8. The third-order valence-corrected chi connectivity index (χ3v) is 1.06. The molecule has 0 aromatic carbocycles. The van der Waals surface area contributed by atoms with Crippen LogP contribution in [0.3, 0.4) is 0 Å². The lowest BCUT2D eigenvalue weighted by Crippen LogP contribution is -2.27. The maximum Gasteiger partial charge on any atom is 0.307 e. The maximum atomic E-state index is 10.4. The molecule has 0 aliphatic heterocycles. The van der Waals surface area contributed by atoms with E-state index in [0.717, 1.165) is 0 Å². The Morgan fingerprint density at radius 3 is 2.70 bits per heavy atom. The number of aromatic nitrogens is 2. The molecule has 54 valence electrons. The highest BCUT2D eigenvalue weighted by Crippen LogP contribution is 1.95. The Labute approximate surface area is 55.8 Å². The number of rotatable bonds is 1. The van der Waals surface area contributed by atoms with E-state index < -0.39 is 5.91 Å². The first-order chi connectivity index (χ1) is 4.63. The second kappa shape index (κ2) is 1.98. The number of carbonyl (C=O) groups excluding carboxylic acids is 1. The van der Waals surface area contributed by atoms with E-state index in [1.807, 2.05) is 0 Å². The maximum absolute atomic E-state index is 10.4. The van der Waals surface area contributed by atoms with Crippen molar-refractivity contribution < 1.29 is 14.3 Å². The Morgan fingerprint density at radius 1 is 1.90 bits per heavy atom. The van der Waals surface area contributed by atoms with Crippen LogP contribution in [0.2, 0.25) is 0 Å². The highest BCUT2D eigenvalue weighted by molar-refractivity contribution is 5.91. The van der Waals surface area contributed by atoms with Gasteiger partial charge < -0.3 is 10.9 Å². The lowest BCUT2D eigenvalue weighted by atomic mass is 10.3. The molecule has 0 saturated heterocycles. The van der Waals surface area contributed by atoms with E-state index in [1.165, 1.54) is 6.92 Å². The molecule has 0 spiro atoms. The number of carbonyl (C=O) groups is 1. The van der Waals surface area contributed by atoms with Crippen molar-refractivity contribution in [3.05, 3.63) is 16.6 Å². The minimum absolute atomic E-state index is 0.0764. The molecule has 2 N–H and O–H groups in total. The van der Waals surface area contributed by atoms with Gasteiger partial charge in [0, 0.05) is 6.92 Å². The molecule has 0 bridgehead atoms. The molecule has 0 atom stereocenters. The van der Waals surface area contributed by atoms with Gasteiger partial charge >= 0.3 is 5.69 Å². The summed E-state index contributed by atoms with van der Waals surface area (Å²) in [6, 6.07) is 0. The van der Waals surface area contributed by atoms with Gasteiger partial charge in [-0.25, -0.2) is 0 Å². The topological polar surface area (TPSA) is 96.1 Å². The number of amides is 1. The second-order valence-electron chi connectivity index (χ2n) is 1.73. The number of hydrogen-bond donors (Lipinski definition) is 1. The van der Waals surface area contributed by atoms with E-state index in [4.69, 9.17) is 5.73 Å². The normalized spacial score (nSPS) is 9.70. The molecule has 1 aromatic rings. The highest BCUT2D eigenvalue weighted by Gasteiger charge is 2.18. The summed E-state index contributed by atoms with van der Waals surface area (Å²) in [4.78, 5) is 10.5. The van der Waals surface area contributed by atoms with Crippen LogP contribution in [0.4, 0.5) is 0 Å². The summed E-state index contributed by atoms with van der Waals surface area (Å²) in [5.74, 6) is -0.768. The van der Waals surface area contributed by atoms with Crippen LogP contribution in [0.1, 0.15) is 16.2 Å². The first-order valence-corrected chi connectivity index (χ1v) is 2.49. The van der Waals surface area contributed by atoms with Crippen molar-refractivity contribution in [2.75, 3.05) is 0 Å². The van der Waals surface area contributed by atoms with Gasteiger partial charge in [-0.2, -0.15) is 0 Å². The summed E-state index contributed by atoms with van der Waals surface area (Å²) < 4.78 is 4.07. The van der Waals surface area contributed by atoms with E-state index in [0.29, 0.717) is 0 Å².